The Kier molecular flexibility index (Phi) is 4.20. The minimum absolute atomic E-state index is 0.0340. The third-order valence-electron chi connectivity index (χ3n) is 3.16. The van der Waals surface area contributed by atoms with Crippen LogP contribution in [-0.4, -0.2) is 36.9 Å². The quantitative estimate of drug-likeness (QED) is 0.925. The molecule has 0 radical (unpaired) electrons. The van der Waals surface area contributed by atoms with E-state index in [1.54, 1.807) is 6.92 Å². The van der Waals surface area contributed by atoms with E-state index in [0.717, 1.165) is 16.9 Å². The first kappa shape index (κ1) is 14.8. The molecule has 0 spiro atoms. The number of carbonyl (C=O) groups is 1. The second kappa shape index (κ2) is 5.40. The molecule has 19 heavy (non-hydrogen) atoms. The van der Waals surface area contributed by atoms with Crippen LogP contribution in [0.3, 0.4) is 0 Å². The fraction of sp³-hybridized carbons (Fsp3) is 0.545. The smallest absolute Gasteiger partial charge is 0.307 e. The van der Waals surface area contributed by atoms with Gasteiger partial charge in [-0.2, -0.15) is 4.31 Å². The molecule has 0 saturated carbocycles. The molecule has 1 aromatic heterocycles. The summed E-state index contributed by atoms with van der Waals surface area (Å²) in [6.45, 7) is 2.14. The zero-order chi connectivity index (χ0) is 14.2. The van der Waals surface area contributed by atoms with E-state index in [0.29, 0.717) is 23.7 Å². The molecule has 5 nitrogen and oxygen atoms in total. The second-order valence-corrected chi connectivity index (χ2v) is 8.38. The van der Waals surface area contributed by atoms with Crippen LogP contribution in [0.5, 0.6) is 0 Å². The first-order valence-electron chi connectivity index (χ1n) is 5.81. The largest absolute Gasteiger partial charge is 0.481 e. The molecule has 1 aliphatic rings. The van der Waals surface area contributed by atoms with Crippen molar-refractivity contribution in [1.29, 1.82) is 0 Å². The highest BCUT2D eigenvalue weighted by Gasteiger charge is 2.34. The Labute approximate surface area is 120 Å². The number of piperidine rings is 1. The Bertz CT molecular complexity index is 576. The number of sulfonamides is 1. The van der Waals surface area contributed by atoms with Gasteiger partial charge in [0.2, 0.25) is 0 Å². The van der Waals surface area contributed by atoms with Crippen molar-refractivity contribution in [2.45, 2.75) is 24.0 Å². The van der Waals surface area contributed by atoms with Gasteiger partial charge in [-0.25, -0.2) is 8.42 Å². The average Bonchev–Trinajstić information content (AvgIpc) is 2.70. The maximum absolute atomic E-state index is 12.4. The lowest BCUT2D eigenvalue weighted by Gasteiger charge is -2.29. The van der Waals surface area contributed by atoms with E-state index in [2.05, 4.69) is 0 Å². The Morgan fingerprint density at radius 3 is 2.79 bits per heavy atom. The number of nitrogens with zero attached hydrogens (tertiary/aromatic N) is 1. The van der Waals surface area contributed by atoms with E-state index in [-0.39, 0.29) is 10.8 Å². The Balaban J connectivity index is 2.26. The molecule has 106 valence electrons. The fourth-order valence-electron chi connectivity index (χ4n) is 2.05. The summed E-state index contributed by atoms with van der Waals surface area (Å²) in [5.41, 5.74) is 0.719. The molecule has 1 fully saturated rings. The van der Waals surface area contributed by atoms with Crippen molar-refractivity contribution in [1.82, 2.24) is 4.31 Å². The summed E-state index contributed by atoms with van der Waals surface area (Å²) in [5.74, 6) is -1.57. The van der Waals surface area contributed by atoms with Gasteiger partial charge in [0.1, 0.15) is 4.21 Å². The molecule has 1 saturated heterocycles. The molecule has 1 atom stereocenters. The molecule has 2 heterocycles. The second-order valence-electron chi connectivity index (χ2n) is 4.56. The summed E-state index contributed by atoms with van der Waals surface area (Å²) in [7, 11) is -3.63. The van der Waals surface area contributed by atoms with E-state index >= 15 is 0 Å². The molecule has 0 bridgehead atoms. The van der Waals surface area contributed by atoms with Crippen LogP contribution in [0.2, 0.25) is 4.34 Å². The van der Waals surface area contributed by atoms with Gasteiger partial charge in [0.15, 0.2) is 0 Å². The van der Waals surface area contributed by atoms with Gasteiger partial charge in [-0.05, 0) is 31.4 Å². The number of rotatable bonds is 3. The van der Waals surface area contributed by atoms with Crippen LogP contribution in [0, 0.1) is 12.8 Å². The first-order valence-corrected chi connectivity index (χ1v) is 8.44. The summed E-state index contributed by atoms with van der Waals surface area (Å²) < 4.78 is 26.7. The third kappa shape index (κ3) is 2.94. The van der Waals surface area contributed by atoms with Gasteiger partial charge < -0.3 is 5.11 Å². The Hall–Kier alpha value is -0.630. The molecule has 0 amide bonds. The number of carboxylic acid groups (broad SMARTS) is 1. The highest BCUT2D eigenvalue weighted by molar-refractivity contribution is 7.91. The highest BCUT2D eigenvalue weighted by Crippen LogP contribution is 2.33. The van der Waals surface area contributed by atoms with Crippen LogP contribution in [0.25, 0.3) is 0 Å². The van der Waals surface area contributed by atoms with E-state index < -0.39 is 21.9 Å². The number of carboxylic acids is 1. The molecule has 0 aliphatic carbocycles. The predicted molar refractivity (Wildman–Crippen MR) is 73.2 cm³/mol. The Morgan fingerprint density at radius 1 is 1.58 bits per heavy atom. The molecule has 1 aromatic rings. The molecule has 0 aromatic carbocycles. The standard InChI is InChI=1S/C11H14ClNO4S2/c1-7-5-9(18-10(7)12)19(16,17)13-4-2-3-8(6-13)11(14)15/h5,8H,2-4,6H2,1H3,(H,14,15)/t8-/m0/s1. The van der Waals surface area contributed by atoms with Crippen molar-refractivity contribution in [3.05, 3.63) is 16.0 Å². The van der Waals surface area contributed by atoms with Gasteiger partial charge >= 0.3 is 5.97 Å². The van der Waals surface area contributed by atoms with Crippen LogP contribution < -0.4 is 0 Å². The number of halogens is 1. The molecular weight excluding hydrogens is 310 g/mol. The zero-order valence-corrected chi connectivity index (χ0v) is 12.7. The third-order valence-corrected chi connectivity index (χ3v) is 7.03. The molecule has 2 rings (SSSR count). The highest BCUT2D eigenvalue weighted by atomic mass is 35.5. The van der Waals surface area contributed by atoms with E-state index in [1.807, 2.05) is 0 Å². The van der Waals surface area contributed by atoms with Crippen molar-refractivity contribution in [3.8, 4) is 0 Å². The first-order chi connectivity index (χ1) is 8.82. The lowest BCUT2D eigenvalue weighted by atomic mass is 10.0. The van der Waals surface area contributed by atoms with Crippen molar-refractivity contribution < 1.29 is 18.3 Å². The average molecular weight is 324 g/mol. The van der Waals surface area contributed by atoms with Gasteiger partial charge in [-0.15, -0.1) is 11.3 Å². The predicted octanol–water partition coefficient (Wildman–Crippen LogP) is 2.20. The lowest BCUT2D eigenvalue weighted by molar-refractivity contribution is -0.142. The normalized spacial score (nSPS) is 21.5. The molecular formula is C11H14ClNO4S2. The van der Waals surface area contributed by atoms with Crippen LogP contribution in [-0.2, 0) is 14.8 Å². The number of thiophene rings is 1. The number of hydrogen-bond donors (Lipinski definition) is 1. The van der Waals surface area contributed by atoms with Crippen LogP contribution in [0.15, 0.2) is 10.3 Å². The van der Waals surface area contributed by atoms with Gasteiger partial charge in [0.05, 0.1) is 10.3 Å². The summed E-state index contributed by atoms with van der Waals surface area (Å²) in [5, 5.41) is 9.00. The van der Waals surface area contributed by atoms with Crippen LogP contribution in [0.1, 0.15) is 18.4 Å². The SMILES string of the molecule is Cc1cc(S(=O)(=O)N2CCC[C@H](C(=O)O)C2)sc1Cl. The summed E-state index contributed by atoms with van der Waals surface area (Å²) >= 11 is 6.91. The van der Waals surface area contributed by atoms with E-state index in [9.17, 15) is 13.2 Å². The lowest BCUT2D eigenvalue weighted by Crippen LogP contribution is -2.42. The minimum atomic E-state index is -3.63. The van der Waals surface area contributed by atoms with Gasteiger partial charge in [0.25, 0.3) is 10.0 Å². The molecule has 0 unspecified atom stereocenters. The fourth-order valence-corrected chi connectivity index (χ4v) is 5.44. The van der Waals surface area contributed by atoms with E-state index in [1.165, 1.54) is 10.4 Å². The van der Waals surface area contributed by atoms with Crippen LogP contribution in [0.4, 0.5) is 0 Å². The zero-order valence-electron chi connectivity index (χ0n) is 10.3. The Morgan fingerprint density at radius 2 is 2.26 bits per heavy atom. The summed E-state index contributed by atoms with van der Waals surface area (Å²) in [6, 6.07) is 1.53. The molecule has 1 aliphatic heterocycles. The number of aliphatic carboxylic acids is 1. The topological polar surface area (TPSA) is 74.7 Å². The maximum atomic E-state index is 12.4. The minimum Gasteiger partial charge on any atom is -0.481 e. The number of aryl methyl sites for hydroxylation is 1. The van der Waals surface area contributed by atoms with Gasteiger partial charge in [-0.3, -0.25) is 4.79 Å². The van der Waals surface area contributed by atoms with Crippen molar-refractivity contribution in [2.24, 2.45) is 5.92 Å². The van der Waals surface area contributed by atoms with Crippen molar-refractivity contribution >= 4 is 38.9 Å². The molecule has 8 heteroatoms. The van der Waals surface area contributed by atoms with Gasteiger partial charge in [0, 0.05) is 13.1 Å². The van der Waals surface area contributed by atoms with E-state index in [4.69, 9.17) is 16.7 Å². The maximum Gasteiger partial charge on any atom is 0.307 e. The molecule has 1 N–H and O–H groups in total. The van der Waals surface area contributed by atoms with Gasteiger partial charge in [-0.1, -0.05) is 11.6 Å². The van der Waals surface area contributed by atoms with Crippen molar-refractivity contribution in [2.75, 3.05) is 13.1 Å². The summed E-state index contributed by atoms with van der Waals surface area (Å²) in [6.07, 6.45) is 1.08. The van der Waals surface area contributed by atoms with Crippen molar-refractivity contribution in [3.63, 3.8) is 0 Å². The monoisotopic (exact) mass is 323 g/mol. The number of hydrogen-bond acceptors (Lipinski definition) is 4. The van der Waals surface area contributed by atoms with Crippen LogP contribution >= 0.6 is 22.9 Å². The summed E-state index contributed by atoms with van der Waals surface area (Å²) in [4.78, 5) is 11.0.